The van der Waals surface area contributed by atoms with E-state index < -0.39 is 0 Å². The number of hydrogen-bond acceptors (Lipinski definition) is 4. The van der Waals surface area contributed by atoms with Gasteiger partial charge < -0.3 is 10.2 Å². The van der Waals surface area contributed by atoms with Crippen LogP contribution in [0.15, 0.2) is 39.5 Å². The Bertz CT molecular complexity index is 610. The van der Waals surface area contributed by atoms with Gasteiger partial charge in [0.1, 0.15) is 5.82 Å². The van der Waals surface area contributed by atoms with Crippen LogP contribution >= 0.6 is 31.9 Å². The van der Waals surface area contributed by atoms with Gasteiger partial charge in [-0.3, -0.25) is 4.98 Å². The summed E-state index contributed by atoms with van der Waals surface area (Å²) in [6, 6.07) is 6.16. The van der Waals surface area contributed by atoms with Crippen molar-refractivity contribution in [2.45, 2.75) is 19.4 Å². The Kier molecular flexibility index (Phi) is 4.75. The van der Waals surface area contributed by atoms with Crippen molar-refractivity contribution < 1.29 is 0 Å². The maximum Gasteiger partial charge on any atom is 0.128 e. The van der Waals surface area contributed by atoms with Gasteiger partial charge in [-0.2, -0.15) is 0 Å². The number of rotatable bonds is 4. The summed E-state index contributed by atoms with van der Waals surface area (Å²) in [5.74, 6) is 1.07. The quantitative estimate of drug-likeness (QED) is 0.817. The monoisotopic (exact) mass is 410 g/mol. The molecule has 1 saturated heterocycles. The Morgan fingerprint density at radius 2 is 1.90 bits per heavy atom. The molecule has 4 nitrogen and oxygen atoms in total. The first kappa shape index (κ1) is 14.8. The van der Waals surface area contributed by atoms with Gasteiger partial charge in [0, 0.05) is 28.2 Å². The molecule has 1 aliphatic rings. The smallest absolute Gasteiger partial charge is 0.128 e. The molecule has 1 aliphatic heterocycles. The highest BCUT2D eigenvalue weighted by Crippen LogP contribution is 2.22. The van der Waals surface area contributed by atoms with Gasteiger partial charge in [0.05, 0.1) is 24.1 Å². The Morgan fingerprint density at radius 1 is 1.10 bits per heavy atom. The summed E-state index contributed by atoms with van der Waals surface area (Å²) in [5.41, 5.74) is 1.98. The first-order valence-electron chi connectivity index (χ1n) is 6.97. The van der Waals surface area contributed by atoms with Gasteiger partial charge in [-0.25, -0.2) is 4.98 Å². The SMILES string of the molecule is Brc1cnc(CNc2ccc(N3CCCC3)nc2)c(Br)c1. The maximum absolute atomic E-state index is 4.53. The highest BCUT2D eigenvalue weighted by Gasteiger charge is 2.12. The van der Waals surface area contributed by atoms with Crippen LogP contribution < -0.4 is 10.2 Å². The van der Waals surface area contributed by atoms with Crippen LogP contribution in [-0.4, -0.2) is 23.1 Å². The van der Waals surface area contributed by atoms with E-state index in [4.69, 9.17) is 0 Å². The van der Waals surface area contributed by atoms with E-state index in [2.05, 4.69) is 64.2 Å². The van der Waals surface area contributed by atoms with Crippen molar-refractivity contribution in [3.05, 3.63) is 45.2 Å². The van der Waals surface area contributed by atoms with E-state index in [1.165, 1.54) is 12.8 Å². The number of aromatic nitrogens is 2. The number of nitrogens with zero attached hydrogens (tertiary/aromatic N) is 3. The molecule has 1 N–H and O–H groups in total. The summed E-state index contributed by atoms with van der Waals surface area (Å²) in [7, 11) is 0. The minimum atomic E-state index is 0.665. The highest BCUT2D eigenvalue weighted by molar-refractivity contribution is 9.11. The number of pyridine rings is 2. The molecule has 3 heterocycles. The van der Waals surface area contributed by atoms with Crippen LogP contribution in [-0.2, 0) is 6.54 Å². The molecule has 0 aromatic carbocycles. The molecule has 0 spiro atoms. The molecule has 110 valence electrons. The number of nitrogens with one attached hydrogen (secondary N) is 1. The third kappa shape index (κ3) is 3.74. The molecular formula is C15H16Br2N4. The fourth-order valence-electron chi connectivity index (χ4n) is 2.38. The molecule has 2 aromatic rings. The van der Waals surface area contributed by atoms with Gasteiger partial charge in [0.15, 0.2) is 0 Å². The van der Waals surface area contributed by atoms with Crippen LogP contribution in [0.25, 0.3) is 0 Å². The summed E-state index contributed by atoms with van der Waals surface area (Å²) < 4.78 is 1.96. The molecular weight excluding hydrogens is 396 g/mol. The Morgan fingerprint density at radius 3 is 2.57 bits per heavy atom. The van der Waals surface area contributed by atoms with Crippen molar-refractivity contribution in [3.63, 3.8) is 0 Å². The van der Waals surface area contributed by atoms with E-state index in [-0.39, 0.29) is 0 Å². The van der Waals surface area contributed by atoms with Crippen LogP contribution in [0.1, 0.15) is 18.5 Å². The first-order valence-corrected chi connectivity index (χ1v) is 8.56. The molecule has 3 rings (SSSR count). The molecule has 0 atom stereocenters. The molecule has 0 amide bonds. The maximum atomic E-state index is 4.53. The van der Waals surface area contributed by atoms with Crippen molar-refractivity contribution in [3.8, 4) is 0 Å². The summed E-state index contributed by atoms with van der Waals surface area (Å²) in [4.78, 5) is 11.3. The van der Waals surface area contributed by atoms with Gasteiger partial charge >= 0.3 is 0 Å². The largest absolute Gasteiger partial charge is 0.378 e. The van der Waals surface area contributed by atoms with Crippen molar-refractivity contribution >= 4 is 43.4 Å². The second-order valence-corrected chi connectivity index (χ2v) is 6.80. The molecule has 0 saturated carbocycles. The standard InChI is InChI=1S/C15H16Br2N4/c16-11-7-13(17)14(19-8-11)10-18-12-3-4-15(20-9-12)21-5-1-2-6-21/h3-4,7-9,18H,1-2,5-6,10H2. The average molecular weight is 412 g/mol. The van der Waals surface area contributed by atoms with E-state index in [0.717, 1.165) is 39.2 Å². The third-order valence-electron chi connectivity index (χ3n) is 3.52. The van der Waals surface area contributed by atoms with Gasteiger partial charge in [-0.1, -0.05) is 0 Å². The van der Waals surface area contributed by atoms with Crippen LogP contribution in [0, 0.1) is 0 Å². The predicted octanol–water partition coefficient (Wildman–Crippen LogP) is 4.21. The molecule has 6 heteroatoms. The Labute approximate surface area is 141 Å². The summed E-state index contributed by atoms with van der Waals surface area (Å²) in [5, 5.41) is 3.35. The molecule has 0 aliphatic carbocycles. The molecule has 0 bridgehead atoms. The zero-order chi connectivity index (χ0) is 14.7. The van der Waals surface area contributed by atoms with E-state index in [1.807, 2.05) is 12.3 Å². The lowest BCUT2D eigenvalue weighted by atomic mass is 10.3. The average Bonchev–Trinajstić information content (AvgIpc) is 3.01. The predicted molar refractivity (Wildman–Crippen MR) is 92.6 cm³/mol. The Hall–Kier alpha value is -1.14. The van der Waals surface area contributed by atoms with E-state index >= 15 is 0 Å². The normalized spacial score (nSPS) is 14.5. The topological polar surface area (TPSA) is 41.1 Å². The zero-order valence-corrected chi connectivity index (χ0v) is 14.7. The van der Waals surface area contributed by atoms with Gasteiger partial charge in [-0.05, 0) is 62.9 Å². The number of hydrogen-bond donors (Lipinski definition) is 1. The summed E-state index contributed by atoms with van der Waals surface area (Å²) >= 11 is 6.93. The van der Waals surface area contributed by atoms with E-state index in [0.29, 0.717) is 6.54 Å². The van der Waals surface area contributed by atoms with Crippen LogP contribution in [0.5, 0.6) is 0 Å². The fraction of sp³-hybridized carbons (Fsp3) is 0.333. The van der Waals surface area contributed by atoms with Crippen molar-refractivity contribution in [2.24, 2.45) is 0 Å². The van der Waals surface area contributed by atoms with E-state index in [1.54, 1.807) is 6.20 Å². The summed E-state index contributed by atoms with van der Waals surface area (Å²) in [6.45, 7) is 2.91. The minimum absolute atomic E-state index is 0.665. The second kappa shape index (κ2) is 6.75. The van der Waals surface area contributed by atoms with Gasteiger partial charge in [-0.15, -0.1) is 0 Å². The molecule has 21 heavy (non-hydrogen) atoms. The lowest BCUT2D eigenvalue weighted by Gasteiger charge is -2.16. The number of anilines is 2. The van der Waals surface area contributed by atoms with Crippen molar-refractivity contribution in [1.29, 1.82) is 0 Å². The second-order valence-electron chi connectivity index (χ2n) is 5.03. The van der Waals surface area contributed by atoms with Crippen LogP contribution in [0.3, 0.4) is 0 Å². The van der Waals surface area contributed by atoms with Crippen molar-refractivity contribution in [1.82, 2.24) is 9.97 Å². The fourth-order valence-corrected chi connectivity index (χ4v) is 3.51. The number of halogens is 2. The molecule has 0 radical (unpaired) electrons. The Balaban J connectivity index is 1.62. The minimum Gasteiger partial charge on any atom is -0.378 e. The molecule has 1 fully saturated rings. The van der Waals surface area contributed by atoms with Crippen LogP contribution in [0.2, 0.25) is 0 Å². The zero-order valence-electron chi connectivity index (χ0n) is 11.5. The van der Waals surface area contributed by atoms with E-state index in [9.17, 15) is 0 Å². The van der Waals surface area contributed by atoms with Gasteiger partial charge in [0.25, 0.3) is 0 Å². The lowest BCUT2D eigenvalue weighted by molar-refractivity contribution is 0.936. The molecule has 2 aromatic heterocycles. The lowest BCUT2D eigenvalue weighted by Crippen LogP contribution is -2.18. The molecule has 0 unspecified atom stereocenters. The van der Waals surface area contributed by atoms with Gasteiger partial charge in [0.2, 0.25) is 0 Å². The summed E-state index contributed by atoms with van der Waals surface area (Å²) in [6.07, 6.45) is 6.23. The first-order chi connectivity index (χ1) is 10.2. The van der Waals surface area contributed by atoms with Crippen LogP contribution in [0.4, 0.5) is 11.5 Å². The highest BCUT2D eigenvalue weighted by atomic mass is 79.9. The third-order valence-corrected chi connectivity index (χ3v) is 4.64. The van der Waals surface area contributed by atoms with Crippen molar-refractivity contribution in [2.75, 3.05) is 23.3 Å².